The average Bonchev–Trinajstić information content (AvgIpc) is 3.71. The van der Waals surface area contributed by atoms with Crippen LogP contribution in [0.1, 0.15) is 35.0 Å². The first-order chi connectivity index (χ1) is 19.7. The van der Waals surface area contributed by atoms with Crippen LogP contribution in [0.5, 0.6) is 0 Å². The summed E-state index contributed by atoms with van der Waals surface area (Å²) >= 11 is 1.22. The Labute approximate surface area is 235 Å². The zero-order valence-electron chi connectivity index (χ0n) is 21.6. The van der Waals surface area contributed by atoms with Gasteiger partial charge >= 0.3 is 6.18 Å². The minimum absolute atomic E-state index is 0.0108. The number of nitrogens with one attached hydrogen (secondary N) is 1. The molecule has 1 aliphatic heterocycles. The number of imidazole rings is 2. The second-order valence-electron chi connectivity index (χ2n) is 9.76. The zero-order valence-corrected chi connectivity index (χ0v) is 22.4. The molecule has 14 heteroatoms. The third-order valence-corrected chi connectivity index (χ3v) is 7.81. The van der Waals surface area contributed by atoms with Gasteiger partial charge in [0.15, 0.2) is 11.5 Å². The van der Waals surface area contributed by atoms with Crippen molar-refractivity contribution in [3.63, 3.8) is 0 Å². The van der Waals surface area contributed by atoms with Gasteiger partial charge in [0.25, 0.3) is 5.91 Å². The number of nitrogens with zero attached hydrogens (tertiary/aromatic N) is 7. The Balaban J connectivity index is 1.31. The van der Waals surface area contributed by atoms with Gasteiger partial charge in [-0.2, -0.15) is 18.3 Å². The molecule has 1 saturated heterocycles. The fraction of sp³-hybridized carbons (Fsp3) is 0.296. The van der Waals surface area contributed by atoms with Crippen molar-refractivity contribution in [3.8, 4) is 22.6 Å². The van der Waals surface area contributed by atoms with E-state index in [1.54, 1.807) is 46.8 Å². The summed E-state index contributed by atoms with van der Waals surface area (Å²) in [6, 6.07) is 9.58. The standard InChI is InChI=1S/C27H24F4N8OS/c28-18-3-1-17(2-4-18)24-25(38(15-33-24)19-7-10-37(11-8-19)12-9-27(29,30)31)20-5-6-23-34-22(14-39(23)36-20)35-26(40)21-13-32-16-41-21/h1-6,13-16,19H,7-12H2,(H,35,40). The number of likely N-dealkylation sites (tertiary alicyclic amines) is 1. The Hall–Kier alpha value is -4.17. The lowest BCUT2D eigenvalue weighted by molar-refractivity contribution is -0.138. The number of aromatic nitrogens is 6. The second-order valence-corrected chi connectivity index (χ2v) is 10.6. The van der Waals surface area contributed by atoms with Crippen LogP contribution in [0.3, 0.4) is 0 Å². The maximum absolute atomic E-state index is 13.7. The normalized spacial score (nSPS) is 15.0. The molecule has 1 N–H and O–H groups in total. The number of hydrogen-bond acceptors (Lipinski definition) is 7. The Morgan fingerprint density at radius 1 is 1.10 bits per heavy atom. The van der Waals surface area contributed by atoms with E-state index in [1.807, 2.05) is 9.47 Å². The van der Waals surface area contributed by atoms with Crippen LogP contribution in [-0.2, 0) is 0 Å². The molecule has 0 saturated carbocycles. The third kappa shape index (κ3) is 5.98. The summed E-state index contributed by atoms with van der Waals surface area (Å²) < 4.78 is 55.4. The first-order valence-corrected chi connectivity index (χ1v) is 13.8. The van der Waals surface area contributed by atoms with Crippen molar-refractivity contribution in [1.82, 2.24) is 34.0 Å². The largest absolute Gasteiger partial charge is 0.390 e. The van der Waals surface area contributed by atoms with E-state index in [0.717, 1.165) is 0 Å². The van der Waals surface area contributed by atoms with Crippen molar-refractivity contribution in [3.05, 3.63) is 71.3 Å². The summed E-state index contributed by atoms with van der Waals surface area (Å²) in [5, 5.41) is 7.51. The number of alkyl halides is 3. The summed E-state index contributed by atoms with van der Waals surface area (Å²) in [7, 11) is 0. The summed E-state index contributed by atoms with van der Waals surface area (Å²) in [6.45, 7) is 1.04. The monoisotopic (exact) mass is 584 g/mol. The lowest BCUT2D eigenvalue weighted by Gasteiger charge is -2.33. The van der Waals surface area contributed by atoms with Gasteiger partial charge in [-0.1, -0.05) is 0 Å². The molecule has 0 bridgehead atoms. The molecule has 9 nitrogen and oxygen atoms in total. The molecule has 0 atom stereocenters. The highest BCUT2D eigenvalue weighted by Gasteiger charge is 2.30. The predicted molar refractivity (Wildman–Crippen MR) is 145 cm³/mol. The molecular formula is C27H24F4N8OS. The molecule has 6 rings (SSSR count). The molecule has 1 amide bonds. The van der Waals surface area contributed by atoms with Crippen molar-refractivity contribution < 1.29 is 22.4 Å². The van der Waals surface area contributed by atoms with Gasteiger partial charge in [0, 0.05) is 31.2 Å². The highest BCUT2D eigenvalue weighted by Crippen LogP contribution is 2.36. The number of benzene rings is 1. The third-order valence-electron chi connectivity index (χ3n) is 7.03. The lowest BCUT2D eigenvalue weighted by atomic mass is 10.0. The van der Waals surface area contributed by atoms with Crippen LogP contribution in [0, 0.1) is 5.82 Å². The fourth-order valence-electron chi connectivity index (χ4n) is 4.99. The van der Waals surface area contributed by atoms with E-state index in [-0.39, 0.29) is 24.3 Å². The van der Waals surface area contributed by atoms with Crippen molar-refractivity contribution in [2.45, 2.75) is 31.5 Å². The molecule has 5 aromatic rings. The highest BCUT2D eigenvalue weighted by atomic mass is 32.1. The van der Waals surface area contributed by atoms with Crippen LogP contribution < -0.4 is 5.32 Å². The minimum Gasteiger partial charge on any atom is -0.326 e. The smallest absolute Gasteiger partial charge is 0.326 e. The van der Waals surface area contributed by atoms with E-state index < -0.39 is 12.6 Å². The fourth-order valence-corrected chi connectivity index (χ4v) is 5.51. The molecule has 0 unspecified atom stereocenters. The molecule has 0 spiro atoms. The molecule has 5 heterocycles. The van der Waals surface area contributed by atoms with Gasteiger partial charge in [0.2, 0.25) is 0 Å². The molecule has 0 radical (unpaired) electrons. The van der Waals surface area contributed by atoms with E-state index in [1.165, 1.54) is 29.7 Å². The van der Waals surface area contributed by atoms with Crippen LogP contribution in [-0.4, -0.2) is 65.8 Å². The summed E-state index contributed by atoms with van der Waals surface area (Å²) in [5.74, 6) is -0.368. The van der Waals surface area contributed by atoms with Crippen molar-refractivity contribution in [2.24, 2.45) is 0 Å². The van der Waals surface area contributed by atoms with Crippen molar-refractivity contribution >= 4 is 28.7 Å². The van der Waals surface area contributed by atoms with Gasteiger partial charge in [0.05, 0.1) is 42.0 Å². The summed E-state index contributed by atoms with van der Waals surface area (Å²) in [6.07, 6.45) is 1.07. The topological polar surface area (TPSA) is 93.2 Å². The van der Waals surface area contributed by atoms with E-state index in [9.17, 15) is 22.4 Å². The van der Waals surface area contributed by atoms with E-state index in [0.29, 0.717) is 64.9 Å². The van der Waals surface area contributed by atoms with E-state index in [4.69, 9.17) is 5.10 Å². The Kier molecular flexibility index (Phi) is 7.26. The van der Waals surface area contributed by atoms with Crippen molar-refractivity contribution in [2.75, 3.05) is 25.0 Å². The number of rotatable bonds is 7. The SMILES string of the molecule is O=C(Nc1cn2nc(-c3c(-c4ccc(F)cc4)ncn3C3CCN(CCC(F)(F)F)CC3)ccc2n1)c1cncs1. The van der Waals surface area contributed by atoms with Gasteiger partial charge in [-0.25, -0.2) is 18.9 Å². The Morgan fingerprint density at radius 2 is 1.88 bits per heavy atom. The number of hydrogen-bond donors (Lipinski definition) is 1. The molecular weight excluding hydrogens is 560 g/mol. The predicted octanol–water partition coefficient (Wildman–Crippen LogP) is 5.70. The molecule has 1 aromatic carbocycles. The van der Waals surface area contributed by atoms with Crippen LogP contribution >= 0.6 is 11.3 Å². The summed E-state index contributed by atoms with van der Waals surface area (Å²) in [4.78, 5) is 27.8. The molecule has 1 aliphatic rings. The average molecular weight is 585 g/mol. The van der Waals surface area contributed by atoms with E-state index in [2.05, 4.69) is 20.3 Å². The van der Waals surface area contributed by atoms with Crippen LogP contribution in [0.25, 0.3) is 28.3 Å². The van der Waals surface area contributed by atoms with Crippen LogP contribution in [0.4, 0.5) is 23.4 Å². The Bertz CT molecular complexity index is 1660. The molecule has 1 fully saturated rings. The molecule has 4 aromatic heterocycles. The second kappa shape index (κ2) is 11.0. The maximum Gasteiger partial charge on any atom is 0.390 e. The number of amides is 1. The van der Waals surface area contributed by atoms with Gasteiger partial charge in [-0.3, -0.25) is 9.78 Å². The first kappa shape index (κ1) is 27.0. The number of carbonyl (C=O) groups is 1. The summed E-state index contributed by atoms with van der Waals surface area (Å²) in [5.41, 5.74) is 4.67. The van der Waals surface area contributed by atoms with Gasteiger partial charge in [0.1, 0.15) is 16.4 Å². The van der Waals surface area contributed by atoms with Crippen molar-refractivity contribution in [1.29, 1.82) is 0 Å². The van der Waals surface area contributed by atoms with Gasteiger partial charge in [-0.15, -0.1) is 11.3 Å². The number of fused-ring (bicyclic) bond motifs is 1. The van der Waals surface area contributed by atoms with Crippen LogP contribution in [0.15, 0.2) is 60.6 Å². The van der Waals surface area contributed by atoms with E-state index >= 15 is 0 Å². The molecule has 0 aliphatic carbocycles. The minimum atomic E-state index is -4.18. The van der Waals surface area contributed by atoms with Crippen LogP contribution in [0.2, 0.25) is 0 Å². The number of thiazole rings is 1. The Morgan fingerprint density at radius 3 is 2.59 bits per heavy atom. The van der Waals surface area contributed by atoms with Gasteiger partial charge < -0.3 is 14.8 Å². The zero-order chi connectivity index (χ0) is 28.6. The number of halogens is 4. The highest BCUT2D eigenvalue weighted by molar-refractivity contribution is 7.11. The molecule has 212 valence electrons. The van der Waals surface area contributed by atoms with Gasteiger partial charge in [-0.05, 0) is 49.2 Å². The number of piperidine rings is 1. The number of anilines is 1. The quantitative estimate of drug-likeness (QED) is 0.247. The number of carbonyl (C=O) groups excluding carboxylic acids is 1. The first-order valence-electron chi connectivity index (χ1n) is 12.9. The molecule has 41 heavy (non-hydrogen) atoms. The lowest BCUT2D eigenvalue weighted by Crippen LogP contribution is -2.36. The maximum atomic E-state index is 13.7.